The second-order valence-corrected chi connectivity index (χ2v) is 6.48. The number of hydrogen-bond donors (Lipinski definition) is 1. The van der Waals surface area contributed by atoms with E-state index in [9.17, 15) is 9.59 Å². The Hall–Kier alpha value is -2.27. The number of anilines is 1. The van der Waals surface area contributed by atoms with E-state index in [0.717, 1.165) is 30.1 Å². The molecule has 1 amide bonds. The first-order chi connectivity index (χ1) is 11.5. The molecule has 1 aliphatic heterocycles. The van der Waals surface area contributed by atoms with Crippen LogP contribution in [0.5, 0.6) is 0 Å². The van der Waals surface area contributed by atoms with E-state index in [4.69, 9.17) is 11.6 Å². The van der Waals surface area contributed by atoms with Crippen molar-refractivity contribution in [2.45, 2.75) is 18.9 Å². The molecule has 1 saturated heterocycles. The lowest BCUT2D eigenvalue weighted by Crippen LogP contribution is -2.48. The van der Waals surface area contributed by atoms with Crippen LogP contribution in [-0.2, 0) is 7.05 Å². The van der Waals surface area contributed by atoms with Gasteiger partial charge in [0.05, 0.1) is 10.7 Å². The number of rotatable bonds is 3. The summed E-state index contributed by atoms with van der Waals surface area (Å²) in [6, 6.07) is 10.8. The van der Waals surface area contributed by atoms with Gasteiger partial charge < -0.3 is 14.8 Å². The Morgan fingerprint density at radius 2 is 2.08 bits per heavy atom. The molecule has 0 aliphatic carbocycles. The van der Waals surface area contributed by atoms with Gasteiger partial charge in [-0.15, -0.1) is 0 Å². The molecule has 5 nitrogen and oxygen atoms in total. The van der Waals surface area contributed by atoms with Crippen LogP contribution >= 0.6 is 11.6 Å². The number of piperidine rings is 1. The van der Waals surface area contributed by atoms with E-state index in [1.165, 1.54) is 10.6 Å². The number of halogens is 1. The third-order valence-electron chi connectivity index (χ3n) is 4.32. The standard InChI is InChI=1S/C18H20ClN3O2/c1-21-10-8-13(11-17(21)23)18(24)20-14-5-4-9-22(12-14)16-7-3-2-6-15(16)19/h2-3,6-8,10-11,14H,4-5,9,12H2,1H3,(H,20,24)/t14-/m0/s1. The van der Waals surface area contributed by atoms with Crippen molar-refractivity contribution in [2.24, 2.45) is 7.05 Å². The molecule has 2 heterocycles. The van der Waals surface area contributed by atoms with Crippen LogP contribution in [0.2, 0.25) is 5.02 Å². The number of aryl methyl sites for hydroxylation is 1. The second kappa shape index (κ2) is 7.09. The lowest BCUT2D eigenvalue weighted by molar-refractivity contribution is 0.0933. The highest BCUT2D eigenvalue weighted by Crippen LogP contribution is 2.27. The minimum atomic E-state index is -0.210. The molecule has 0 unspecified atom stereocenters. The van der Waals surface area contributed by atoms with Gasteiger partial charge >= 0.3 is 0 Å². The summed E-state index contributed by atoms with van der Waals surface area (Å²) < 4.78 is 1.44. The van der Waals surface area contributed by atoms with E-state index >= 15 is 0 Å². The summed E-state index contributed by atoms with van der Waals surface area (Å²) in [5.74, 6) is -0.210. The van der Waals surface area contributed by atoms with Crippen molar-refractivity contribution < 1.29 is 4.79 Å². The molecule has 1 aliphatic rings. The number of para-hydroxylation sites is 1. The highest BCUT2D eigenvalue weighted by molar-refractivity contribution is 6.33. The van der Waals surface area contributed by atoms with Crippen molar-refractivity contribution in [3.05, 3.63) is 63.5 Å². The summed E-state index contributed by atoms with van der Waals surface area (Å²) in [7, 11) is 1.66. The average molecular weight is 346 g/mol. The van der Waals surface area contributed by atoms with Gasteiger partial charge in [-0.05, 0) is 31.0 Å². The highest BCUT2D eigenvalue weighted by atomic mass is 35.5. The third-order valence-corrected chi connectivity index (χ3v) is 4.64. The van der Waals surface area contributed by atoms with Gasteiger partial charge in [0, 0.05) is 44.0 Å². The fourth-order valence-electron chi connectivity index (χ4n) is 2.98. The first kappa shape index (κ1) is 16.6. The predicted octanol–water partition coefficient (Wildman–Crippen LogP) is 2.44. The first-order valence-electron chi connectivity index (χ1n) is 8.01. The number of benzene rings is 1. The van der Waals surface area contributed by atoms with Crippen LogP contribution in [0, 0.1) is 0 Å². The molecule has 0 bridgehead atoms. The van der Waals surface area contributed by atoms with Gasteiger partial charge in [0.1, 0.15) is 0 Å². The van der Waals surface area contributed by atoms with Gasteiger partial charge in [0.15, 0.2) is 0 Å². The fourth-order valence-corrected chi connectivity index (χ4v) is 3.24. The maximum absolute atomic E-state index is 12.4. The van der Waals surface area contributed by atoms with E-state index in [-0.39, 0.29) is 17.5 Å². The molecular weight excluding hydrogens is 326 g/mol. The number of nitrogens with zero attached hydrogens (tertiary/aromatic N) is 2. The monoisotopic (exact) mass is 345 g/mol. The third kappa shape index (κ3) is 3.62. The lowest BCUT2D eigenvalue weighted by atomic mass is 10.0. The van der Waals surface area contributed by atoms with Gasteiger partial charge in [-0.3, -0.25) is 9.59 Å². The Balaban J connectivity index is 1.69. The van der Waals surface area contributed by atoms with Crippen LogP contribution in [0.1, 0.15) is 23.2 Å². The van der Waals surface area contributed by atoms with Crippen LogP contribution in [0.3, 0.4) is 0 Å². The summed E-state index contributed by atoms with van der Waals surface area (Å²) in [6.45, 7) is 1.63. The summed E-state index contributed by atoms with van der Waals surface area (Å²) in [4.78, 5) is 26.2. The average Bonchev–Trinajstić information content (AvgIpc) is 2.58. The molecule has 0 radical (unpaired) electrons. The zero-order valence-corrected chi connectivity index (χ0v) is 14.3. The zero-order valence-electron chi connectivity index (χ0n) is 13.5. The Morgan fingerprint density at radius 3 is 2.83 bits per heavy atom. The van der Waals surface area contributed by atoms with Gasteiger partial charge in [-0.1, -0.05) is 23.7 Å². The SMILES string of the molecule is Cn1ccc(C(=O)N[C@H]2CCCN(c3ccccc3Cl)C2)cc1=O. The molecule has 1 aromatic carbocycles. The predicted molar refractivity (Wildman–Crippen MR) is 95.8 cm³/mol. The summed E-state index contributed by atoms with van der Waals surface area (Å²) in [6.07, 6.45) is 3.50. The molecule has 0 spiro atoms. The van der Waals surface area contributed by atoms with Gasteiger partial charge in [0.25, 0.3) is 11.5 Å². The Morgan fingerprint density at radius 1 is 1.29 bits per heavy atom. The number of nitrogens with one attached hydrogen (secondary N) is 1. The minimum Gasteiger partial charge on any atom is -0.368 e. The topological polar surface area (TPSA) is 54.3 Å². The van der Waals surface area contributed by atoms with Crippen molar-refractivity contribution in [3.63, 3.8) is 0 Å². The van der Waals surface area contributed by atoms with Crippen molar-refractivity contribution in [3.8, 4) is 0 Å². The number of amides is 1. The molecule has 126 valence electrons. The summed E-state index contributed by atoms with van der Waals surface area (Å²) >= 11 is 6.27. The van der Waals surface area contributed by atoms with Gasteiger partial charge in [-0.25, -0.2) is 0 Å². The fraction of sp³-hybridized carbons (Fsp3) is 0.333. The summed E-state index contributed by atoms with van der Waals surface area (Å²) in [5.41, 5.74) is 1.20. The molecule has 1 aromatic heterocycles. The number of aromatic nitrogens is 1. The van der Waals surface area contributed by atoms with Crippen LogP contribution in [0.15, 0.2) is 47.4 Å². The Bertz CT molecular complexity index is 803. The van der Waals surface area contributed by atoms with Crippen LogP contribution in [-0.4, -0.2) is 29.6 Å². The summed E-state index contributed by atoms with van der Waals surface area (Å²) in [5, 5.41) is 3.75. The quantitative estimate of drug-likeness (QED) is 0.929. The van der Waals surface area contributed by atoms with Crippen LogP contribution in [0.4, 0.5) is 5.69 Å². The van der Waals surface area contributed by atoms with Crippen molar-refractivity contribution in [1.29, 1.82) is 0 Å². The highest BCUT2D eigenvalue weighted by Gasteiger charge is 2.23. The number of pyridine rings is 1. The molecule has 1 fully saturated rings. The molecular formula is C18H20ClN3O2. The smallest absolute Gasteiger partial charge is 0.251 e. The van der Waals surface area contributed by atoms with Crippen molar-refractivity contribution in [1.82, 2.24) is 9.88 Å². The minimum absolute atomic E-state index is 0.0339. The number of carbonyl (C=O) groups excluding carboxylic acids is 1. The van der Waals surface area contributed by atoms with Gasteiger partial charge in [-0.2, -0.15) is 0 Å². The number of hydrogen-bond acceptors (Lipinski definition) is 3. The Labute approximate surface area is 145 Å². The lowest BCUT2D eigenvalue weighted by Gasteiger charge is -2.35. The molecule has 24 heavy (non-hydrogen) atoms. The second-order valence-electron chi connectivity index (χ2n) is 6.07. The van der Waals surface area contributed by atoms with E-state index in [1.54, 1.807) is 19.3 Å². The molecule has 3 rings (SSSR count). The zero-order chi connectivity index (χ0) is 17.1. The van der Waals surface area contributed by atoms with Crippen molar-refractivity contribution in [2.75, 3.05) is 18.0 Å². The Kier molecular flexibility index (Phi) is 4.90. The molecule has 1 atom stereocenters. The normalized spacial score (nSPS) is 17.6. The molecule has 0 saturated carbocycles. The van der Waals surface area contributed by atoms with E-state index in [0.29, 0.717) is 12.1 Å². The van der Waals surface area contributed by atoms with Crippen molar-refractivity contribution >= 4 is 23.2 Å². The maximum Gasteiger partial charge on any atom is 0.251 e. The van der Waals surface area contributed by atoms with E-state index in [1.807, 2.05) is 24.3 Å². The van der Waals surface area contributed by atoms with E-state index in [2.05, 4.69) is 10.2 Å². The number of carbonyl (C=O) groups is 1. The first-order valence-corrected chi connectivity index (χ1v) is 8.39. The molecule has 1 N–H and O–H groups in total. The molecule has 6 heteroatoms. The van der Waals surface area contributed by atoms with Gasteiger partial charge in [0.2, 0.25) is 0 Å². The maximum atomic E-state index is 12.4. The van der Waals surface area contributed by atoms with E-state index < -0.39 is 0 Å². The largest absolute Gasteiger partial charge is 0.368 e. The molecule has 2 aromatic rings. The van der Waals surface area contributed by atoms with Crippen LogP contribution in [0.25, 0.3) is 0 Å². The van der Waals surface area contributed by atoms with Crippen LogP contribution < -0.4 is 15.8 Å².